The summed E-state index contributed by atoms with van der Waals surface area (Å²) in [7, 11) is 0. The predicted molar refractivity (Wildman–Crippen MR) is 76.5 cm³/mol. The zero-order valence-corrected chi connectivity index (χ0v) is 12.6. The molecule has 1 aromatic rings. The first-order valence-corrected chi connectivity index (χ1v) is 7.41. The van der Waals surface area contributed by atoms with Crippen molar-refractivity contribution in [3.05, 3.63) is 23.9 Å². The number of aliphatic hydroxyl groups is 2. The molecule has 0 amide bonds. The Kier molecular flexibility index (Phi) is 4.97. The minimum absolute atomic E-state index is 0.0778. The number of aliphatic hydroxyl groups excluding tert-OH is 2. The van der Waals surface area contributed by atoms with Gasteiger partial charge < -0.3 is 15.1 Å². The van der Waals surface area contributed by atoms with Gasteiger partial charge in [0.15, 0.2) is 0 Å². The third-order valence-electron chi connectivity index (χ3n) is 4.37. The molecule has 4 atom stereocenters. The lowest BCUT2D eigenvalue weighted by atomic mass is 9.86. The van der Waals surface area contributed by atoms with E-state index in [2.05, 4.69) is 4.98 Å². The molecular formula is C15H21F3N2O2. The lowest BCUT2D eigenvalue weighted by molar-refractivity contribution is -0.137. The molecule has 1 fully saturated rings. The van der Waals surface area contributed by atoms with E-state index in [4.69, 9.17) is 0 Å². The van der Waals surface area contributed by atoms with E-state index in [1.54, 1.807) is 4.90 Å². The van der Waals surface area contributed by atoms with Gasteiger partial charge in [-0.05, 0) is 24.5 Å². The Bertz CT molecular complexity index is 493. The molecule has 0 radical (unpaired) electrons. The van der Waals surface area contributed by atoms with Crippen LogP contribution in [0, 0.1) is 5.92 Å². The van der Waals surface area contributed by atoms with Crippen molar-refractivity contribution >= 4 is 5.82 Å². The highest BCUT2D eigenvalue weighted by Gasteiger charge is 2.39. The van der Waals surface area contributed by atoms with E-state index < -0.39 is 23.9 Å². The van der Waals surface area contributed by atoms with Crippen LogP contribution >= 0.6 is 0 Å². The van der Waals surface area contributed by atoms with Gasteiger partial charge in [-0.1, -0.05) is 20.3 Å². The summed E-state index contributed by atoms with van der Waals surface area (Å²) >= 11 is 0. The average Bonchev–Trinajstić information content (AvgIpc) is 2.48. The average molecular weight is 318 g/mol. The van der Waals surface area contributed by atoms with E-state index in [0.717, 1.165) is 18.7 Å². The normalized spacial score (nSPS) is 27.8. The summed E-state index contributed by atoms with van der Waals surface area (Å²) in [4.78, 5) is 5.71. The van der Waals surface area contributed by atoms with Gasteiger partial charge in [0.05, 0.1) is 17.7 Å². The molecule has 0 spiro atoms. The van der Waals surface area contributed by atoms with Crippen molar-refractivity contribution < 1.29 is 23.4 Å². The number of hydrogen-bond acceptors (Lipinski definition) is 4. The number of anilines is 1. The summed E-state index contributed by atoms with van der Waals surface area (Å²) in [6.07, 6.45) is -4.22. The van der Waals surface area contributed by atoms with Crippen LogP contribution in [-0.4, -0.2) is 40.0 Å². The summed E-state index contributed by atoms with van der Waals surface area (Å²) in [6, 6.07) is 1.95. The summed E-state index contributed by atoms with van der Waals surface area (Å²) in [5.74, 6) is 0.471. The second kappa shape index (κ2) is 6.42. The van der Waals surface area contributed by atoms with Crippen molar-refractivity contribution in [1.29, 1.82) is 0 Å². The van der Waals surface area contributed by atoms with Gasteiger partial charge >= 0.3 is 6.18 Å². The molecule has 2 heterocycles. The largest absolute Gasteiger partial charge is 0.417 e. The standard InChI is InChI=1S/C15H21F3N2O2/c1-3-9(2)13-14(22)11(21)6-7-20(13)12-5-4-10(8-19-12)15(16,17)18/h4-5,8-9,11,13-14,21-22H,3,6-7H2,1-2H3. The van der Waals surface area contributed by atoms with Gasteiger partial charge in [-0.2, -0.15) is 13.2 Å². The number of alkyl halides is 3. The zero-order chi connectivity index (χ0) is 16.5. The second-order valence-electron chi connectivity index (χ2n) is 5.82. The number of hydrogen-bond donors (Lipinski definition) is 2. The van der Waals surface area contributed by atoms with Gasteiger partial charge in [0.1, 0.15) is 11.9 Å². The molecule has 7 heteroatoms. The highest BCUT2D eigenvalue weighted by atomic mass is 19.4. The third kappa shape index (κ3) is 3.35. The first-order chi connectivity index (χ1) is 10.3. The molecular weight excluding hydrogens is 297 g/mol. The van der Waals surface area contributed by atoms with Crippen LogP contribution in [-0.2, 0) is 6.18 Å². The fourth-order valence-corrected chi connectivity index (χ4v) is 2.88. The second-order valence-corrected chi connectivity index (χ2v) is 5.82. The predicted octanol–water partition coefficient (Wildman–Crippen LogP) is 2.45. The van der Waals surface area contributed by atoms with Crippen molar-refractivity contribution in [2.75, 3.05) is 11.4 Å². The maximum absolute atomic E-state index is 12.6. The maximum atomic E-state index is 12.6. The highest BCUT2D eigenvalue weighted by molar-refractivity contribution is 5.42. The molecule has 2 rings (SSSR count). The van der Waals surface area contributed by atoms with Crippen LogP contribution in [0.15, 0.2) is 18.3 Å². The van der Waals surface area contributed by atoms with Crippen molar-refractivity contribution in [3.63, 3.8) is 0 Å². The van der Waals surface area contributed by atoms with E-state index in [1.165, 1.54) is 6.07 Å². The Morgan fingerprint density at radius 1 is 1.36 bits per heavy atom. The lowest BCUT2D eigenvalue weighted by Gasteiger charge is -2.45. The SMILES string of the molecule is CCC(C)C1C(O)C(O)CCN1c1ccc(C(F)(F)F)cn1. The monoisotopic (exact) mass is 318 g/mol. The number of aromatic nitrogens is 1. The molecule has 1 aromatic heterocycles. The molecule has 0 bridgehead atoms. The molecule has 1 aliphatic heterocycles. The lowest BCUT2D eigenvalue weighted by Crippen LogP contribution is -2.57. The highest BCUT2D eigenvalue weighted by Crippen LogP contribution is 2.32. The van der Waals surface area contributed by atoms with Crippen molar-refractivity contribution in [2.45, 2.75) is 51.1 Å². The molecule has 2 N–H and O–H groups in total. The Morgan fingerprint density at radius 2 is 2.05 bits per heavy atom. The van der Waals surface area contributed by atoms with Crippen LogP contribution in [0.1, 0.15) is 32.3 Å². The molecule has 0 aromatic carbocycles. The Morgan fingerprint density at radius 3 is 2.55 bits per heavy atom. The minimum Gasteiger partial charge on any atom is -0.390 e. The van der Waals surface area contributed by atoms with Gasteiger partial charge in [-0.25, -0.2) is 4.98 Å². The van der Waals surface area contributed by atoms with E-state index in [-0.39, 0.29) is 12.0 Å². The summed E-state index contributed by atoms with van der Waals surface area (Å²) in [6.45, 7) is 4.37. The minimum atomic E-state index is -4.42. The quantitative estimate of drug-likeness (QED) is 0.899. The molecule has 1 aliphatic rings. The smallest absolute Gasteiger partial charge is 0.390 e. The fraction of sp³-hybridized carbons (Fsp3) is 0.667. The molecule has 124 valence electrons. The molecule has 4 nitrogen and oxygen atoms in total. The molecule has 0 saturated carbocycles. The van der Waals surface area contributed by atoms with Gasteiger partial charge in [-0.15, -0.1) is 0 Å². The number of pyridine rings is 1. The number of rotatable bonds is 3. The third-order valence-corrected chi connectivity index (χ3v) is 4.37. The van der Waals surface area contributed by atoms with Crippen molar-refractivity contribution in [2.24, 2.45) is 5.92 Å². The van der Waals surface area contributed by atoms with Crippen LogP contribution < -0.4 is 4.90 Å². The number of halogens is 3. The van der Waals surface area contributed by atoms with E-state index in [0.29, 0.717) is 18.8 Å². The summed E-state index contributed by atoms with van der Waals surface area (Å²) in [5, 5.41) is 20.1. The van der Waals surface area contributed by atoms with Crippen LogP contribution in [0.4, 0.5) is 19.0 Å². The number of nitrogens with zero attached hydrogens (tertiary/aromatic N) is 2. The van der Waals surface area contributed by atoms with Crippen molar-refractivity contribution in [3.8, 4) is 0 Å². The first-order valence-electron chi connectivity index (χ1n) is 7.41. The van der Waals surface area contributed by atoms with E-state index >= 15 is 0 Å². The maximum Gasteiger partial charge on any atom is 0.417 e. The topological polar surface area (TPSA) is 56.6 Å². The zero-order valence-electron chi connectivity index (χ0n) is 12.6. The van der Waals surface area contributed by atoms with Crippen LogP contribution in [0.5, 0.6) is 0 Å². The first kappa shape index (κ1) is 17.0. The number of piperidine rings is 1. The molecule has 4 unspecified atom stereocenters. The molecule has 0 aliphatic carbocycles. The van der Waals surface area contributed by atoms with Gasteiger partial charge in [-0.3, -0.25) is 0 Å². The fourth-order valence-electron chi connectivity index (χ4n) is 2.88. The Hall–Kier alpha value is -1.34. The van der Waals surface area contributed by atoms with Crippen LogP contribution in [0.25, 0.3) is 0 Å². The van der Waals surface area contributed by atoms with Gasteiger partial charge in [0.2, 0.25) is 0 Å². The Labute approximate surface area is 127 Å². The summed E-state index contributed by atoms with van der Waals surface area (Å²) < 4.78 is 37.8. The van der Waals surface area contributed by atoms with Crippen LogP contribution in [0.2, 0.25) is 0 Å². The molecule has 22 heavy (non-hydrogen) atoms. The van der Waals surface area contributed by atoms with Gasteiger partial charge in [0, 0.05) is 12.7 Å². The van der Waals surface area contributed by atoms with Crippen molar-refractivity contribution in [1.82, 2.24) is 4.98 Å². The summed E-state index contributed by atoms with van der Waals surface area (Å²) in [5.41, 5.74) is -0.797. The van der Waals surface area contributed by atoms with Gasteiger partial charge in [0.25, 0.3) is 0 Å². The van der Waals surface area contributed by atoms with E-state index in [1.807, 2.05) is 13.8 Å². The van der Waals surface area contributed by atoms with E-state index in [9.17, 15) is 23.4 Å². The molecule has 1 saturated heterocycles. The van der Waals surface area contributed by atoms with Crippen LogP contribution in [0.3, 0.4) is 0 Å². The Balaban J connectivity index is 2.28.